The summed E-state index contributed by atoms with van der Waals surface area (Å²) in [5.41, 5.74) is 6.78. The van der Waals surface area contributed by atoms with Gasteiger partial charge >= 0.3 is 0 Å². The molecule has 0 aromatic rings. The lowest BCUT2D eigenvalue weighted by Gasteiger charge is -2.46. The Balaban J connectivity index is 2.68. The van der Waals surface area contributed by atoms with Crippen molar-refractivity contribution in [1.82, 2.24) is 4.90 Å². The summed E-state index contributed by atoms with van der Waals surface area (Å²) < 4.78 is 0. The molecule has 17 heavy (non-hydrogen) atoms. The molecule has 1 aliphatic carbocycles. The van der Waals surface area contributed by atoms with Gasteiger partial charge < -0.3 is 10.6 Å². The fourth-order valence-corrected chi connectivity index (χ4v) is 3.15. The molecule has 1 fully saturated rings. The minimum absolute atomic E-state index is 0.294. The van der Waals surface area contributed by atoms with E-state index in [4.69, 9.17) is 5.73 Å². The highest BCUT2D eigenvalue weighted by atomic mass is 15.2. The molecule has 1 rings (SSSR count). The third kappa shape index (κ3) is 3.69. The Hall–Kier alpha value is -0.0800. The minimum Gasteiger partial charge on any atom is -0.330 e. The predicted octanol–water partition coefficient (Wildman–Crippen LogP) is 3.26. The maximum Gasteiger partial charge on any atom is 0.0147 e. The Morgan fingerprint density at radius 2 is 2.06 bits per heavy atom. The molecule has 1 aliphatic rings. The topological polar surface area (TPSA) is 29.3 Å². The van der Waals surface area contributed by atoms with Crippen molar-refractivity contribution in [2.24, 2.45) is 17.1 Å². The molecule has 102 valence electrons. The van der Waals surface area contributed by atoms with E-state index in [2.05, 4.69) is 39.6 Å². The van der Waals surface area contributed by atoms with Crippen LogP contribution in [0.2, 0.25) is 0 Å². The second-order valence-electron chi connectivity index (χ2n) is 6.93. The third-order valence-corrected chi connectivity index (χ3v) is 5.09. The molecule has 0 aromatic heterocycles. The van der Waals surface area contributed by atoms with Crippen molar-refractivity contribution < 1.29 is 0 Å². The van der Waals surface area contributed by atoms with Gasteiger partial charge in [0.1, 0.15) is 0 Å². The van der Waals surface area contributed by atoms with Gasteiger partial charge in [0.05, 0.1) is 0 Å². The highest BCUT2D eigenvalue weighted by molar-refractivity contribution is 4.91. The highest BCUT2D eigenvalue weighted by Crippen LogP contribution is 2.40. The Morgan fingerprint density at radius 3 is 2.53 bits per heavy atom. The van der Waals surface area contributed by atoms with E-state index in [0.717, 1.165) is 19.0 Å². The first-order valence-electron chi connectivity index (χ1n) is 7.26. The smallest absolute Gasteiger partial charge is 0.0147 e. The molecule has 2 unspecified atom stereocenters. The van der Waals surface area contributed by atoms with Gasteiger partial charge in [-0.2, -0.15) is 0 Å². The van der Waals surface area contributed by atoms with Gasteiger partial charge in [0.2, 0.25) is 0 Å². The molecule has 2 atom stereocenters. The molecule has 0 heterocycles. The summed E-state index contributed by atoms with van der Waals surface area (Å²) in [6.07, 6.45) is 6.58. The molecule has 2 nitrogen and oxygen atoms in total. The van der Waals surface area contributed by atoms with Crippen LogP contribution in [0.25, 0.3) is 0 Å². The van der Waals surface area contributed by atoms with E-state index >= 15 is 0 Å². The normalized spacial score (nSPS) is 30.9. The number of hydrogen-bond acceptors (Lipinski definition) is 2. The number of nitrogens with two attached hydrogens (primary N) is 1. The molecule has 0 aliphatic heterocycles. The van der Waals surface area contributed by atoms with Gasteiger partial charge in [-0.1, -0.05) is 26.7 Å². The molecule has 0 bridgehead atoms. The van der Waals surface area contributed by atoms with E-state index in [1.165, 1.54) is 32.1 Å². The van der Waals surface area contributed by atoms with Crippen LogP contribution in [-0.2, 0) is 0 Å². The fraction of sp³-hybridized carbons (Fsp3) is 1.00. The zero-order valence-electron chi connectivity index (χ0n) is 12.6. The van der Waals surface area contributed by atoms with Crippen LogP contribution >= 0.6 is 0 Å². The quantitative estimate of drug-likeness (QED) is 0.799. The van der Waals surface area contributed by atoms with Crippen LogP contribution < -0.4 is 5.73 Å². The van der Waals surface area contributed by atoms with Gasteiger partial charge in [-0.15, -0.1) is 0 Å². The standard InChI is InChI=1S/C15H32N2/c1-6-14(3,4)17(5)12-15(11-16)9-7-8-13(2)10-15/h13H,6-12,16H2,1-5H3. The van der Waals surface area contributed by atoms with E-state index in [1.54, 1.807) is 0 Å². The van der Waals surface area contributed by atoms with Crippen molar-refractivity contribution in [3.05, 3.63) is 0 Å². The second kappa shape index (κ2) is 5.71. The van der Waals surface area contributed by atoms with Crippen molar-refractivity contribution >= 4 is 0 Å². The van der Waals surface area contributed by atoms with E-state index in [9.17, 15) is 0 Å². The summed E-state index contributed by atoms with van der Waals surface area (Å²) in [6, 6.07) is 0. The summed E-state index contributed by atoms with van der Waals surface area (Å²) in [4.78, 5) is 2.53. The molecule has 2 heteroatoms. The fourth-order valence-electron chi connectivity index (χ4n) is 3.15. The monoisotopic (exact) mass is 240 g/mol. The largest absolute Gasteiger partial charge is 0.330 e. The SMILES string of the molecule is CCC(C)(C)N(C)CC1(CN)CCCC(C)C1. The number of nitrogens with zero attached hydrogens (tertiary/aromatic N) is 1. The average molecular weight is 240 g/mol. The first-order valence-corrected chi connectivity index (χ1v) is 7.26. The van der Waals surface area contributed by atoms with E-state index < -0.39 is 0 Å². The number of rotatable bonds is 5. The van der Waals surface area contributed by atoms with Gasteiger partial charge in [0.15, 0.2) is 0 Å². The summed E-state index contributed by atoms with van der Waals surface area (Å²) in [6.45, 7) is 11.3. The van der Waals surface area contributed by atoms with Gasteiger partial charge in [-0.25, -0.2) is 0 Å². The molecule has 0 aromatic carbocycles. The summed E-state index contributed by atoms with van der Waals surface area (Å²) in [5.74, 6) is 0.852. The Kier molecular flexibility index (Phi) is 5.03. The maximum atomic E-state index is 6.11. The molecule has 0 saturated heterocycles. The summed E-state index contributed by atoms with van der Waals surface area (Å²) in [7, 11) is 2.26. The van der Waals surface area contributed by atoms with Crippen molar-refractivity contribution in [2.75, 3.05) is 20.1 Å². The van der Waals surface area contributed by atoms with Crippen LogP contribution in [0.4, 0.5) is 0 Å². The van der Waals surface area contributed by atoms with Crippen LogP contribution in [-0.4, -0.2) is 30.6 Å². The lowest BCUT2D eigenvalue weighted by atomic mass is 9.69. The van der Waals surface area contributed by atoms with Gasteiger partial charge in [0, 0.05) is 12.1 Å². The Morgan fingerprint density at radius 1 is 1.41 bits per heavy atom. The van der Waals surface area contributed by atoms with Gasteiger partial charge in [0.25, 0.3) is 0 Å². The average Bonchev–Trinajstić information content (AvgIpc) is 2.29. The maximum absolute atomic E-state index is 6.11. The Bertz CT molecular complexity index is 237. The summed E-state index contributed by atoms with van der Waals surface area (Å²) >= 11 is 0. The molecule has 0 amide bonds. The predicted molar refractivity (Wildman–Crippen MR) is 76.1 cm³/mol. The zero-order chi connectivity index (χ0) is 13.1. The van der Waals surface area contributed by atoms with Gasteiger partial charge in [-0.3, -0.25) is 0 Å². The lowest BCUT2D eigenvalue weighted by Crippen LogP contribution is -2.50. The summed E-state index contributed by atoms with van der Waals surface area (Å²) in [5, 5.41) is 0. The van der Waals surface area contributed by atoms with Crippen LogP contribution in [0.1, 0.15) is 59.8 Å². The van der Waals surface area contributed by atoms with Crippen LogP contribution in [0, 0.1) is 11.3 Å². The highest BCUT2D eigenvalue weighted by Gasteiger charge is 2.37. The van der Waals surface area contributed by atoms with Crippen molar-refractivity contribution in [3.63, 3.8) is 0 Å². The Labute approximate surface area is 108 Å². The van der Waals surface area contributed by atoms with Crippen molar-refractivity contribution in [1.29, 1.82) is 0 Å². The van der Waals surface area contributed by atoms with E-state index in [-0.39, 0.29) is 0 Å². The first-order chi connectivity index (χ1) is 7.85. The van der Waals surface area contributed by atoms with Gasteiger partial charge in [-0.05, 0) is 58.0 Å². The van der Waals surface area contributed by atoms with Crippen molar-refractivity contribution in [2.45, 2.75) is 65.3 Å². The van der Waals surface area contributed by atoms with Crippen LogP contribution in [0.15, 0.2) is 0 Å². The second-order valence-corrected chi connectivity index (χ2v) is 6.93. The molecule has 0 spiro atoms. The molecular formula is C15H32N2. The molecule has 0 radical (unpaired) electrons. The molecule has 1 saturated carbocycles. The molecular weight excluding hydrogens is 208 g/mol. The minimum atomic E-state index is 0.294. The van der Waals surface area contributed by atoms with Crippen molar-refractivity contribution in [3.8, 4) is 0 Å². The van der Waals surface area contributed by atoms with Crippen LogP contribution in [0.5, 0.6) is 0 Å². The van der Waals surface area contributed by atoms with Crippen LogP contribution in [0.3, 0.4) is 0 Å². The zero-order valence-corrected chi connectivity index (χ0v) is 12.6. The number of hydrogen-bond donors (Lipinski definition) is 1. The third-order valence-electron chi connectivity index (χ3n) is 5.09. The molecule has 2 N–H and O–H groups in total. The van der Waals surface area contributed by atoms with E-state index in [0.29, 0.717) is 11.0 Å². The van der Waals surface area contributed by atoms with E-state index in [1.807, 2.05) is 0 Å². The lowest BCUT2D eigenvalue weighted by molar-refractivity contribution is 0.0483. The first kappa shape index (κ1) is 15.0.